The summed E-state index contributed by atoms with van der Waals surface area (Å²) in [7, 11) is 0. The van der Waals surface area contributed by atoms with E-state index in [1.54, 1.807) is 0 Å². The van der Waals surface area contributed by atoms with Crippen LogP contribution in [0.5, 0.6) is 0 Å². The Morgan fingerprint density at radius 3 is 1.68 bits per heavy atom. The standard InChI is InChI=1S/C14H12N6O2S3/c1-7-3-11(21)19(17-7)9-5-23-13(15-9)25-14-16-10(6-24-14)20-12(22)4-8(2)18-20/h3-6,17-18H,1-2H3. The molecule has 4 aromatic heterocycles. The molecule has 8 nitrogen and oxygen atoms in total. The number of thiazole rings is 2. The van der Waals surface area contributed by atoms with Crippen molar-refractivity contribution in [2.75, 3.05) is 0 Å². The average molecular weight is 392 g/mol. The molecule has 11 heteroatoms. The zero-order chi connectivity index (χ0) is 17.6. The van der Waals surface area contributed by atoms with Gasteiger partial charge in [0.1, 0.15) is 0 Å². The average Bonchev–Trinajstić information content (AvgIpc) is 3.29. The predicted molar refractivity (Wildman–Crippen MR) is 97.7 cm³/mol. The molecule has 0 bridgehead atoms. The molecule has 0 aliphatic heterocycles. The van der Waals surface area contributed by atoms with Gasteiger partial charge in [0.05, 0.1) is 0 Å². The van der Waals surface area contributed by atoms with Crippen molar-refractivity contribution >= 4 is 34.4 Å². The summed E-state index contributed by atoms with van der Waals surface area (Å²) in [5.74, 6) is 1.11. The number of aryl methyl sites for hydroxylation is 2. The first-order chi connectivity index (χ1) is 12.0. The number of H-pyrrole nitrogens is 2. The van der Waals surface area contributed by atoms with Gasteiger partial charge in [-0.3, -0.25) is 19.8 Å². The first kappa shape index (κ1) is 16.1. The molecular formula is C14H12N6O2S3. The summed E-state index contributed by atoms with van der Waals surface area (Å²) in [5.41, 5.74) is 1.28. The SMILES string of the molecule is Cc1cc(=O)n(-c2csc(Sc3nc(-n4[nH]c(C)cc4=O)cs3)n2)[nH]1. The maximum absolute atomic E-state index is 11.8. The number of rotatable bonds is 4. The van der Waals surface area contributed by atoms with Gasteiger partial charge in [0.2, 0.25) is 0 Å². The predicted octanol–water partition coefficient (Wildman–Crippen LogP) is 2.33. The number of hydrogen-bond acceptors (Lipinski definition) is 7. The van der Waals surface area contributed by atoms with E-state index >= 15 is 0 Å². The molecule has 0 aliphatic carbocycles. The fraction of sp³-hybridized carbons (Fsp3) is 0.143. The number of hydrogen-bond donors (Lipinski definition) is 2. The Morgan fingerprint density at radius 2 is 1.32 bits per heavy atom. The third-order valence-electron chi connectivity index (χ3n) is 3.27. The maximum Gasteiger partial charge on any atom is 0.272 e. The molecule has 0 amide bonds. The number of aromatic nitrogens is 6. The fourth-order valence-electron chi connectivity index (χ4n) is 2.24. The molecular weight excluding hydrogens is 380 g/mol. The van der Waals surface area contributed by atoms with E-state index < -0.39 is 0 Å². The molecule has 0 saturated heterocycles. The molecule has 0 aliphatic rings. The lowest BCUT2D eigenvalue weighted by Crippen LogP contribution is -2.13. The highest BCUT2D eigenvalue weighted by atomic mass is 32.2. The van der Waals surface area contributed by atoms with Gasteiger partial charge in [-0.2, -0.15) is 0 Å². The Labute approximate surface area is 153 Å². The van der Waals surface area contributed by atoms with E-state index in [1.807, 2.05) is 24.6 Å². The Hall–Kier alpha value is -2.37. The smallest absolute Gasteiger partial charge is 0.272 e. The Bertz CT molecular complexity index is 1070. The third kappa shape index (κ3) is 3.13. The molecule has 0 fully saturated rings. The molecule has 0 spiro atoms. The molecule has 0 saturated carbocycles. The highest BCUT2D eigenvalue weighted by molar-refractivity contribution is 8.02. The minimum Gasteiger partial charge on any atom is -0.294 e. The van der Waals surface area contributed by atoms with Crippen LogP contribution in [0.15, 0.2) is 41.2 Å². The van der Waals surface area contributed by atoms with E-state index in [0.717, 1.165) is 20.1 Å². The van der Waals surface area contributed by atoms with Gasteiger partial charge in [-0.25, -0.2) is 19.3 Å². The molecule has 0 unspecified atom stereocenters. The molecule has 128 valence electrons. The van der Waals surface area contributed by atoms with E-state index in [-0.39, 0.29) is 11.1 Å². The number of nitrogens with one attached hydrogen (secondary N) is 2. The zero-order valence-corrected chi connectivity index (χ0v) is 15.6. The van der Waals surface area contributed by atoms with Gasteiger partial charge in [0.15, 0.2) is 20.3 Å². The molecule has 0 radical (unpaired) electrons. The van der Waals surface area contributed by atoms with Gasteiger partial charge in [0.25, 0.3) is 11.1 Å². The Kier molecular flexibility index (Phi) is 3.98. The number of aromatic amines is 2. The molecule has 0 aromatic carbocycles. The summed E-state index contributed by atoms with van der Waals surface area (Å²) in [5, 5.41) is 9.54. The van der Waals surface area contributed by atoms with Crippen molar-refractivity contribution in [3.8, 4) is 11.6 Å². The van der Waals surface area contributed by atoms with Crippen LogP contribution in [0.2, 0.25) is 0 Å². The second-order valence-electron chi connectivity index (χ2n) is 5.27. The van der Waals surface area contributed by atoms with Crippen LogP contribution < -0.4 is 11.1 Å². The monoisotopic (exact) mass is 392 g/mol. The van der Waals surface area contributed by atoms with Gasteiger partial charge in [-0.15, -0.1) is 22.7 Å². The highest BCUT2D eigenvalue weighted by Crippen LogP contribution is 2.33. The van der Waals surface area contributed by atoms with E-state index in [0.29, 0.717) is 11.6 Å². The summed E-state index contributed by atoms with van der Waals surface area (Å²) in [4.78, 5) is 32.6. The summed E-state index contributed by atoms with van der Waals surface area (Å²) in [6.07, 6.45) is 0. The lowest BCUT2D eigenvalue weighted by atomic mass is 10.5. The third-order valence-corrected chi connectivity index (χ3v) is 6.12. The van der Waals surface area contributed by atoms with Crippen LogP contribution in [-0.2, 0) is 0 Å². The minimum absolute atomic E-state index is 0.141. The van der Waals surface area contributed by atoms with Gasteiger partial charge in [-0.05, 0) is 25.6 Å². The van der Waals surface area contributed by atoms with E-state index in [4.69, 9.17) is 0 Å². The van der Waals surface area contributed by atoms with Crippen LogP contribution in [0.1, 0.15) is 11.4 Å². The maximum atomic E-state index is 11.8. The molecule has 0 atom stereocenters. The van der Waals surface area contributed by atoms with Crippen LogP contribution >= 0.6 is 34.4 Å². The van der Waals surface area contributed by atoms with Crippen LogP contribution in [0.4, 0.5) is 0 Å². The van der Waals surface area contributed by atoms with Crippen LogP contribution in [0.3, 0.4) is 0 Å². The normalized spacial score (nSPS) is 11.3. The van der Waals surface area contributed by atoms with Crippen molar-refractivity contribution in [3.63, 3.8) is 0 Å². The summed E-state index contributed by atoms with van der Waals surface area (Å²) in [6, 6.07) is 3.05. The van der Waals surface area contributed by atoms with Crippen molar-refractivity contribution in [2.24, 2.45) is 0 Å². The topological polar surface area (TPSA) is 101 Å². The Morgan fingerprint density at radius 1 is 0.880 bits per heavy atom. The molecule has 2 N–H and O–H groups in total. The fourth-order valence-corrected chi connectivity index (χ4v) is 4.99. The molecule has 4 rings (SSSR count). The molecule has 4 aromatic rings. The van der Waals surface area contributed by atoms with E-state index in [9.17, 15) is 9.59 Å². The second kappa shape index (κ2) is 6.17. The first-order valence-electron chi connectivity index (χ1n) is 7.16. The summed E-state index contributed by atoms with van der Waals surface area (Å²) >= 11 is 4.26. The van der Waals surface area contributed by atoms with Crippen molar-refractivity contribution in [3.05, 3.63) is 55.0 Å². The summed E-state index contributed by atoms with van der Waals surface area (Å²) < 4.78 is 4.35. The minimum atomic E-state index is -0.141. The van der Waals surface area contributed by atoms with Crippen LogP contribution in [-0.4, -0.2) is 29.5 Å². The molecule has 4 heterocycles. The lowest BCUT2D eigenvalue weighted by molar-refractivity contribution is 0.804. The van der Waals surface area contributed by atoms with Crippen LogP contribution in [0.25, 0.3) is 11.6 Å². The largest absolute Gasteiger partial charge is 0.294 e. The first-order valence-corrected chi connectivity index (χ1v) is 9.74. The summed E-state index contributed by atoms with van der Waals surface area (Å²) in [6.45, 7) is 3.64. The quantitative estimate of drug-likeness (QED) is 0.555. The lowest BCUT2D eigenvalue weighted by Gasteiger charge is -1.95. The zero-order valence-electron chi connectivity index (χ0n) is 13.1. The van der Waals surface area contributed by atoms with E-state index in [2.05, 4.69) is 20.2 Å². The van der Waals surface area contributed by atoms with Crippen molar-refractivity contribution in [2.45, 2.75) is 22.5 Å². The van der Waals surface area contributed by atoms with Gasteiger partial charge < -0.3 is 0 Å². The van der Waals surface area contributed by atoms with Gasteiger partial charge in [0, 0.05) is 34.3 Å². The van der Waals surface area contributed by atoms with Gasteiger partial charge in [-0.1, -0.05) is 0 Å². The second-order valence-corrected chi connectivity index (χ2v) is 8.48. The van der Waals surface area contributed by atoms with Crippen LogP contribution in [0, 0.1) is 13.8 Å². The van der Waals surface area contributed by atoms with Gasteiger partial charge >= 0.3 is 0 Å². The molecule has 25 heavy (non-hydrogen) atoms. The van der Waals surface area contributed by atoms with E-state index in [1.165, 1.54) is 55.9 Å². The van der Waals surface area contributed by atoms with Crippen molar-refractivity contribution in [1.82, 2.24) is 29.5 Å². The number of nitrogens with zero attached hydrogens (tertiary/aromatic N) is 4. The van der Waals surface area contributed by atoms with Crippen molar-refractivity contribution in [1.29, 1.82) is 0 Å². The van der Waals surface area contributed by atoms with Crippen molar-refractivity contribution < 1.29 is 0 Å². The highest BCUT2D eigenvalue weighted by Gasteiger charge is 2.12. The Balaban J connectivity index is 1.58.